The van der Waals surface area contributed by atoms with Crippen molar-refractivity contribution in [2.75, 3.05) is 6.54 Å². The Morgan fingerprint density at radius 2 is 2.28 bits per heavy atom. The van der Waals surface area contributed by atoms with Crippen LogP contribution in [0.4, 0.5) is 0 Å². The first-order valence-corrected chi connectivity index (χ1v) is 7.04. The number of nitrogens with one attached hydrogen (secondary N) is 1. The van der Waals surface area contributed by atoms with Gasteiger partial charge in [-0.3, -0.25) is 0 Å². The highest BCUT2D eigenvalue weighted by Crippen LogP contribution is 2.13. The molecule has 0 aliphatic heterocycles. The van der Waals surface area contributed by atoms with Gasteiger partial charge in [-0.2, -0.15) is 0 Å². The highest BCUT2D eigenvalue weighted by Gasteiger charge is 2.03. The summed E-state index contributed by atoms with van der Waals surface area (Å²) in [6, 6.07) is 8.38. The minimum atomic E-state index is 0.828. The second kappa shape index (κ2) is 6.71. The molecule has 18 heavy (non-hydrogen) atoms. The van der Waals surface area contributed by atoms with Crippen LogP contribution in [0.1, 0.15) is 24.7 Å². The minimum absolute atomic E-state index is 0.828. The topological polar surface area (TPSA) is 29.9 Å². The molecule has 0 aliphatic rings. The molecule has 0 saturated carbocycles. The van der Waals surface area contributed by atoms with Gasteiger partial charge in [0.1, 0.15) is 5.82 Å². The molecule has 1 aromatic heterocycles. The molecule has 0 amide bonds. The summed E-state index contributed by atoms with van der Waals surface area (Å²) in [5.41, 5.74) is 1.28. The molecule has 0 unspecified atom stereocenters. The van der Waals surface area contributed by atoms with Crippen LogP contribution in [0.5, 0.6) is 0 Å². The summed E-state index contributed by atoms with van der Waals surface area (Å²) >= 11 is 3.50. The smallest absolute Gasteiger partial charge is 0.122 e. The molecule has 0 fully saturated rings. The number of nitrogens with zero attached hydrogens (tertiary/aromatic N) is 2. The summed E-state index contributed by atoms with van der Waals surface area (Å²) in [6.07, 6.45) is 5.04. The molecule has 0 aliphatic carbocycles. The SMILES string of the molecule is CCCNCc1nccn1Cc1cccc(Br)c1. The molecule has 0 spiro atoms. The van der Waals surface area contributed by atoms with Crippen LogP contribution in [-0.4, -0.2) is 16.1 Å². The van der Waals surface area contributed by atoms with Crippen molar-refractivity contribution in [2.45, 2.75) is 26.4 Å². The van der Waals surface area contributed by atoms with Gasteiger partial charge < -0.3 is 9.88 Å². The third-order valence-corrected chi connectivity index (χ3v) is 3.25. The fourth-order valence-corrected chi connectivity index (χ4v) is 2.31. The van der Waals surface area contributed by atoms with Gasteiger partial charge in [-0.1, -0.05) is 35.0 Å². The third kappa shape index (κ3) is 3.68. The maximum atomic E-state index is 4.40. The maximum absolute atomic E-state index is 4.40. The predicted octanol–water partition coefficient (Wildman–Crippen LogP) is 3.19. The molecule has 0 bridgehead atoms. The first kappa shape index (κ1) is 13.3. The zero-order chi connectivity index (χ0) is 12.8. The minimum Gasteiger partial charge on any atom is -0.329 e. The van der Waals surface area contributed by atoms with Crippen LogP contribution in [0, 0.1) is 0 Å². The summed E-state index contributed by atoms with van der Waals surface area (Å²) in [6.45, 7) is 4.89. The van der Waals surface area contributed by atoms with Gasteiger partial charge in [0.05, 0.1) is 6.54 Å². The van der Waals surface area contributed by atoms with Gasteiger partial charge in [0, 0.05) is 23.4 Å². The molecule has 2 aromatic rings. The standard InChI is InChI=1S/C14H18BrN3/c1-2-6-16-10-14-17-7-8-18(14)11-12-4-3-5-13(15)9-12/h3-5,7-9,16H,2,6,10-11H2,1H3. The highest BCUT2D eigenvalue weighted by atomic mass is 79.9. The van der Waals surface area contributed by atoms with Crippen LogP contribution in [0.3, 0.4) is 0 Å². The van der Waals surface area contributed by atoms with Crippen LogP contribution >= 0.6 is 15.9 Å². The van der Waals surface area contributed by atoms with Crippen molar-refractivity contribution in [1.29, 1.82) is 0 Å². The molecule has 4 heteroatoms. The normalized spacial score (nSPS) is 10.8. The first-order chi connectivity index (χ1) is 8.79. The predicted molar refractivity (Wildman–Crippen MR) is 77.5 cm³/mol. The molecule has 2 rings (SSSR count). The van der Waals surface area contributed by atoms with Crippen LogP contribution in [0.2, 0.25) is 0 Å². The van der Waals surface area contributed by atoms with Crippen LogP contribution in [0.25, 0.3) is 0 Å². The van der Waals surface area contributed by atoms with E-state index < -0.39 is 0 Å². The summed E-state index contributed by atoms with van der Waals surface area (Å²) in [5.74, 6) is 1.09. The molecule has 1 N–H and O–H groups in total. The van der Waals surface area contributed by atoms with E-state index in [1.54, 1.807) is 0 Å². The van der Waals surface area contributed by atoms with E-state index in [1.807, 2.05) is 18.5 Å². The quantitative estimate of drug-likeness (QED) is 0.831. The van der Waals surface area contributed by atoms with Crippen LogP contribution in [0.15, 0.2) is 41.1 Å². The third-order valence-electron chi connectivity index (χ3n) is 2.75. The molecule has 0 saturated heterocycles. The molecule has 1 aromatic carbocycles. The molecule has 0 radical (unpaired) electrons. The Balaban J connectivity index is 2.03. The maximum Gasteiger partial charge on any atom is 0.122 e. The molecule has 1 heterocycles. The average molecular weight is 308 g/mol. The van der Waals surface area contributed by atoms with Gasteiger partial charge in [-0.25, -0.2) is 4.98 Å². The lowest BCUT2D eigenvalue weighted by Gasteiger charge is -2.09. The molecule has 3 nitrogen and oxygen atoms in total. The lowest BCUT2D eigenvalue weighted by atomic mass is 10.2. The van der Waals surface area contributed by atoms with Gasteiger partial charge in [0.15, 0.2) is 0 Å². The van der Waals surface area contributed by atoms with Crippen molar-refractivity contribution < 1.29 is 0 Å². The van der Waals surface area contributed by atoms with Gasteiger partial charge in [-0.15, -0.1) is 0 Å². The van der Waals surface area contributed by atoms with Gasteiger partial charge in [0.2, 0.25) is 0 Å². The molecule has 0 atom stereocenters. The Labute approximate surface area is 116 Å². The average Bonchev–Trinajstić information content (AvgIpc) is 2.77. The summed E-state index contributed by atoms with van der Waals surface area (Å²) < 4.78 is 3.30. The number of aromatic nitrogens is 2. The van der Waals surface area contributed by atoms with Crippen molar-refractivity contribution in [3.8, 4) is 0 Å². The molecule has 96 valence electrons. The Hall–Kier alpha value is -1.13. The van der Waals surface area contributed by atoms with E-state index in [2.05, 4.69) is 55.9 Å². The monoisotopic (exact) mass is 307 g/mol. The number of imidazole rings is 1. The summed E-state index contributed by atoms with van der Waals surface area (Å²) in [7, 11) is 0. The van der Waals surface area contributed by atoms with E-state index in [4.69, 9.17) is 0 Å². The fraction of sp³-hybridized carbons (Fsp3) is 0.357. The Bertz CT molecular complexity index is 493. The van der Waals surface area contributed by atoms with Crippen molar-refractivity contribution in [3.63, 3.8) is 0 Å². The first-order valence-electron chi connectivity index (χ1n) is 6.24. The molecular weight excluding hydrogens is 290 g/mol. The van der Waals surface area contributed by atoms with Gasteiger partial charge in [0.25, 0.3) is 0 Å². The van der Waals surface area contributed by atoms with E-state index in [-0.39, 0.29) is 0 Å². The number of hydrogen-bond donors (Lipinski definition) is 1. The van der Waals surface area contributed by atoms with E-state index in [0.29, 0.717) is 0 Å². The zero-order valence-corrected chi connectivity index (χ0v) is 12.2. The van der Waals surface area contributed by atoms with Crippen LogP contribution < -0.4 is 5.32 Å². The van der Waals surface area contributed by atoms with Crippen molar-refractivity contribution in [3.05, 3.63) is 52.5 Å². The Morgan fingerprint density at radius 3 is 3.06 bits per heavy atom. The van der Waals surface area contributed by atoms with E-state index in [9.17, 15) is 0 Å². The molecular formula is C14H18BrN3. The lowest BCUT2D eigenvalue weighted by Crippen LogP contribution is -2.17. The van der Waals surface area contributed by atoms with Crippen molar-refractivity contribution >= 4 is 15.9 Å². The second-order valence-electron chi connectivity index (χ2n) is 4.28. The van der Waals surface area contributed by atoms with E-state index in [0.717, 1.165) is 36.4 Å². The van der Waals surface area contributed by atoms with E-state index in [1.165, 1.54) is 5.56 Å². The number of halogens is 1. The number of benzene rings is 1. The number of rotatable bonds is 6. The van der Waals surface area contributed by atoms with E-state index >= 15 is 0 Å². The summed E-state index contributed by atoms with van der Waals surface area (Å²) in [4.78, 5) is 4.40. The number of hydrogen-bond acceptors (Lipinski definition) is 2. The van der Waals surface area contributed by atoms with Crippen LogP contribution in [-0.2, 0) is 13.1 Å². The van der Waals surface area contributed by atoms with Crippen molar-refractivity contribution in [2.24, 2.45) is 0 Å². The lowest BCUT2D eigenvalue weighted by molar-refractivity contribution is 0.615. The zero-order valence-electron chi connectivity index (χ0n) is 10.6. The Morgan fingerprint density at radius 1 is 1.39 bits per heavy atom. The largest absolute Gasteiger partial charge is 0.329 e. The highest BCUT2D eigenvalue weighted by molar-refractivity contribution is 9.10. The Kier molecular flexibility index (Phi) is 4.96. The fourth-order valence-electron chi connectivity index (χ4n) is 1.86. The van der Waals surface area contributed by atoms with Gasteiger partial charge >= 0.3 is 0 Å². The van der Waals surface area contributed by atoms with Gasteiger partial charge in [-0.05, 0) is 30.7 Å². The second-order valence-corrected chi connectivity index (χ2v) is 5.19. The summed E-state index contributed by atoms with van der Waals surface area (Å²) in [5, 5.41) is 3.38. The van der Waals surface area contributed by atoms with Crippen molar-refractivity contribution in [1.82, 2.24) is 14.9 Å².